The van der Waals surface area contributed by atoms with Gasteiger partial charge in [-0.3, -0.25) is 0 Å². The quantitative estimate of drug-likeness (QED) is 0.873. The molecule has 3 atom stereocenters. The Morgan fingerprint density at radius 2 is 1.95 bits per heavy atom. The molecule has 1 aromatic rings. The lowest BCUT2D eigenvalue weighted by molar-refractivity contribution is -0.210. The topological polar surface area (TPSA) is 52.9 Å². The molecule has 1 saturated carbocycles. The van der Waals surface area contributed by atoms with Crippen molar-refractivity contribution in [1.29, 1.82) is 0 Å². The van der Waals surface area contributed by atoms with E-state index in [0.717, 1.165) is 44.5 Å². The summed E-state index contributed by atoms with van der Waals surface area (Å²) >= 11 is 0. The van der Waals surface area contributed by atoms with E-state index in [1.165, 1.54) is 0 Å². The van der Waals surface area contributed by atoms with Gasteiger partial charge in [0, 0.05) is 25.0 Å². The number of rotatable bonds is 5. The van der Waals surface area contributed by atoms with Crippen molar-refractivity contribution in [3.63, 3.8) is 0 Å². The fourth-order valence-electron chi connectivity index (χ4n) is 3.99. The molecule has 2 unspecified atom stereocenters. The van der Waals surface area contributed by atoms with Gasteiger partial charge in [0.2, 0.25) is 0 Å². The second kappa shape index (κ2) is 6.67. The molecule has 0 amide bonds. The number of ether oxygens (including phenoxy) is 1. The maximum Gasteiger partial charge on any atom is 0.0916 e. The highest BCUT2D eigenvalue weighted by Gasteiger charge is 2.55. The van der Waals surface area contributed by atoms with Gasteiger partial charge in [0.1, 0.15) is 0 Å². The molecule has 4 nitrogen and oxygen atoms in total. The molecule has 0 aromatic heterocycles. The van der Waals surface area contributed by atoms with Gasteiger partial charge in [-0.25, -0.2) is 0 Å². The Labute approximate surface area is 132 Å². The van der Waals surface area contributed by atoms with Gasteiger partial charge in [-0.1, -0.05) is 30.3 Å². The van der Waals surface area contributed by atoms with Crippen LogP contribution in [0.2, 0.25) is 0 Å². The van der Waals surface area contributed by atoms with Crippen molar-refractivity contribution in [2.24, 2.45) is 5.41 Å². The monoisotopic (exact) mass is 305 g/mol. The molecule has 4 heteroatoms. The van der Waals surface area contributed by atoms with Crippen LogP contribution in [0.15, 0.2) is 30.3 Å². The van der Waals surface area contributed by atoms with Crippen LogP contribution in [0.25, 0.3) is 0 Å². The summed E-state index contributed by atoms with van der Waals surface area (Å²) in [6.07, 6.45) is 2.25. The van der Waals surface area contributed by atoms with Gasteiger partial charge in [0.15, 0.2) is 0 Å². The minimum atomic E-state index is -0.441. The van der Waals surface area contributed by atoms with E-state index >= 15 is 0 Å². The minimum absolute atomic E-state index is 0.0375. The molecular weight excluding hydrogens is 278 g/mol. The number of β-amino-alcohol motifs (C(OH)–C–C–N with tert-alkyl or cyclic N) is 1. The first-order valence-electron chi connectivity index (χ1n) is 8.41. The van der Waals surface area contributed by atoms with Crippen molar-refractivity contribution in [3.8, 4) is 0 Å². The van der Waals surface area contributed by atoms with E-state index in [1.807, 2.05) is 37.3 Å². The Bertz CT molecular complexity index is 468. The lowest BCUT2D eigenvalue weighted by Crippen LogP contribution is -2.62. The molecule has 1 heterocycles. The summed E-state index contributed by atoms with van der Waals surface area (Å²) in [6.45, 7) is 5.24. The number of piperidine rings is 1. The Morgan fingerprint density at radius 1 is 1.27 bits per heavy atom. The van der Waals surface area contributed by atoms with Crippen LogP contribution in [0.1, 0.15) is 37.9 Å². The van der Waals surface area contributed by atoms with E-state index < -0.39 is 6.10 Å². The molecule has 1 aromatic carbocycles. The third-order valence-electron chi connectivity index (χ3n) is 5.51. The summed E-state index contributed by atoms with van der Waals surface area (Å²) in [7, 11) is 0. The molecule has 0 radical (unpaired) electrons. The predicted octanol–water partition coefficient (Wildman–Crippen LogP) is 1.97. The molecule has 1 aliphatic heterocycles. The van der Waals surface area contributed by atoms with Crippen LogP contribution in [0.4, 0.5) is 0 Å². The molecule has 1 aliphatic carbocycles. The number of hydrogen-bond acceptors (Lipinski definition) is 4. The van der Waals surface area contributed by atoms with Gasteiger partial charge in [-0.2, -0.15) is 0 Å². The lowest BCUT2D eigenvalue weighted by Gasteiger charge is -2.56. The van der Waals surface area contributed by atoms with Crippen LogP contribution >= 0.6 is 0 Å². The number of aliphatic hydroxyl groups excluding tert-OH is 2. The Kier molecular flexibility index (Phi) is 4.83. The first-order valence-corrected chi connectivity index (χ1v) is 8.41. The molecule has 122 valence electrons. The molecule has 1 saturated heterocycles. The average Bonchev–Trinajstić information content (AvgIpc) is 2.56. The van der Waals surface area contributed by atoms with Gasteiger partial charge in [-0.15, -0.1) is 0 Å². The smallest absolute Gasteiger partial charge is 0.0916 e. The number of likely N-dealkylation sites (tertiary alicyclic amines) is 1. The second-order valence-electron chi connectivity index (χ2n) is 6.66. The van der Waals surface area contributed by atoms with E-state index in [9.17, 15) is 10.2 Å². The summed E-state index contributed by atoms with van der Waals surface area (Å²) in [5, 5.41) is 20.6. The zero-order valence-corrected chi connectivity index (χ0v) is 13.3. The highest BCUT2D eigenvalue weighted by atomic mass is 16.5. The number of hydrogen-bond donors (Lipinski definition) is 2. The Balaban J connectivity index is 1.54. The second-order valence-corrected chi connectivity index (χ2v) is 6.66. The van der Waals surface area contributed by atoms with E-state index in [2.05, 4.69) is 4.90 Å². The lowest BCUT2D eigenvalue weighted by atomic mass is 9.58. The summed E-state index contributed by atoms with van der Waals surface area (Å²) in [5.74, 6) is 0. The van der Waals surface area contributed by atoms with Crippen LogP contribution in [-0.4, -0.2) is 53.6 Å². The fraction of sp³-hybridized carbons (Fsp3) is 0.667. The summed E-state index contributed by atoms with van der Waals surface area (Å²) < 4.78 is 5.80. The first kappa shape index (κ1) is 15.9. The van der Waals surface area contributed by atoms with Crippen molar-refractivity contribution in [3.05, 3.63) is 35.9 Å². The standard InChI is InChI=1S/C18H27NO3/c1-2-22-17-12-16(21)18(17)8-10-19(11-9-18)13-15(20)14-6-4-3-5-7-14/h3-7,15-17,20-21H,2,8-13H2,1H3/t15-,16?,17?/m1/s1. The van der Waals surface area contributed by atoms with Gasteiger partial charge in [0.25, 0.3) is 0 Å². The zero-order valence-electron chi connectivity index (χ0n) is 13.3. The predicted molar refractivity (Wildman–Crippen MR) is 85.5 cm³/mol. The maximum absolute atomic E-state index is 10.3. The van der Waals surface area contributed by atoms with E-state index in [1.54, 1.807) is 0 Å². The normalized spacial score (nSPS) is 29.2. The molecule has 0 bridgehead atoms. The summed E-state index contributed by atoms with van der Waals surface area (Å²) in [4.78, 5) is 2.30. The van der Waals surface area contributed by atoms with Crippen LogP contribution in [0.3, 0.4) is 0 Å². The van der Waals surface area contributed by atoms with Gasteiger partial charge < -0.3 is 19.8 Å². The summed E-state index contributed by atoms with van der Waals surface area (Å²) in [6, 6.07) is 9.82. The number of nitrogens with zero attached hydrogens (tertiary/aromatic N) is 1. The zero-order chi connectivity index (χ0) is 15.6. The van der Waals surface area contributed by atoms with Crippen molar-refractivity contribution in [1.82, 2.24) is 4.90 Å². The Hall–Kier alpha value is -0.940. The SMILES string of the molecule is CCOC1CC(O)C12CCN(C[C@@H](O)c1ccccc1)CC2. The molecule has 22 heavy (non-hydrogen) atoms. The maximum atomic E-state index is 10.3. The highest BCUT2D eigenvalue weighted by Crippen LogP contribution is 2.51. The van der Waals surface area contributed by atoms with E-state index in [0.29, 0.717) is 6.54 Å². The molecule has 2 fully saturated rings. The van der Waals surface area contributed by atoms with Crippen molar-refractivity contribution in [2.45, 2.75) is 44.5 Å². The third-order valence-corrected chi connectivity index (χ3v) is 5.51. The van der Waals surface area contributed by atoms with E-state index in [4.69, 9.17) is 4.74 Å². The molecular formula is C18H27NO3. The minimum Gasteiger partial charge on any atom is -0.392 e. The van der Waals surface area contributed by atoms with Crippen molar-refractivity contribution >= 4 is 0 Å². The largest absolute Gasteiger partial charge is 0.392 e. The van der Waals surface area contributed by atoms with E-state index in [-0.39, 0.29) is 17.6 Å². The molecule has 2 aliphatic rings. The first-order chi connectivity index (χ1) is 10.7. The number of aliphatic hydroxyl groups is 2. The van der Waals surface area contributed by atoms with Gasteiger partial charge in [0.05, 0.1) is 18.3 Å². The molecule has 3 rings (SSSR count). The van der Waals surface area contributed by atoms with Crippen molar-refractivity contribution < 1.29 is 14.9 Å². The third kappa shape index (κ3) is 2.93. The fourth-order valence-corrected chi connectivity index (χ4v) is 3.99. The van der Waals surface area contributed by atoms with Crippen LogP contribution < -0.4 is 0 Å². The summed E-state index contributed by atoms with van der Waals surface area (Å²) in [5.41, 5.74) is 0.933. The van der Waals surface area contributed by atoms with Gasteiger partial charge in [-0.05, 0) is 38.4 Å². The van der Waals surface area contributed by atoms with Gasteiger partial charge >= 0.3 is 0 Å². The molecule has 1 spiro atoms. The van der Waals surface area contributed by atoms with Crippen molar-refractivity contribution in [2.75, 3.05) is 26.2 Å². The molecule has 2 N–H and O–H groups in total. The van der Waals surface area contributed by atoms with Crippen LogP contribution in [-0.2, 0) is 4.74 Å². The highest BCUT2D eigenvalue weighted by molar-refractivity contribution is 5.17. The average molecular weight is 305 g/mol. The Morgan fingerprint density at radius 3 is 2.55 bits per heavy atom. The van der Waals surface area contributed by atoms with Crippen LogP contribution in [0, 0.1) is 5.41 Å². The van der Waals surface area contributed by atoms with Crippen LogP contribution in [0.5, 0.6) is 0 Å². The number of benzene rings is 1.